The van der Waals surface area contributed by atoms with Crippen molar-refractivity contribution in [2.24, 2.45) is 23.1 Å². The van der Waals surface area contributed by atoms with Crippen molar-refractivity contribution in [3.05, 3.63) is 191 Å². The summed E-state index contributed by atoms with van der Waals surface area (Å²) in [5, 5.41) is 9.05. The molecule has 0 unspecified atom stereocenters. The lowest BCUT2D eigenvalue weighted by Crippen LogP contribution is -2.64. The minimum absolute atomic E-state index is 0. The van der Waals surface area contributed by atoms with Crippen LogP contribution < -0.4 is 26.7 Å². The summed E-state index contributed by atoms with van der Waals surface area (Å²) in [6, 6.07) is 43.2. The normalized spacial score (nSPS) is 15.9. The van der Waals surface area contributed by atoms with E-state index in [1.807, 2.05) is 87.5 Å². The Labute approximate surface area is 443 Å². The van der Waals surface area contributed by atoms with Gasteiger partial charge in [0.05, 0.1) is 41.9 Å². The van der Waals surface area contributed by atoms with Crippen LogP contribution in [0.4, 0.5) is 0 Å². The number of amides is 2. The largest absolute Gasteiger partial charge is 0.480 e. The van der Waals surface area contributed by atoms with Crippen molar-refractivity contribution in [1.82, 2.24) is 8.61 Å². The van der Waals surface area contributed by atoms with Gasteiger partial charge < -0.3 is 36.5 Å². The number of benzene rings is 6. The Hall–Kier alpha value is -7.13. The molecule has 396 valence electrons. The average Bonchev–Trinajstić information content (AvgIpc) is 3.34. The molecule has 6 aromatic carbocycles. The number of carboxylic acid groups (broad SMARTS) is 1. The molecule has 20 heteroatoms. The molecular formula is C55H60ClN5O12S2. The molecule has 6 aromatic rings. The molecule has 2 heterocycles. The fourth-order valence-corrected chi connectivity index (χ4v) is 11.7. The zero-order valence-corrected chi connectivity index (χ0v) is 44.1. The third kappa shape index (κ3) is 13.6. The lowest BCUT2D eigenvalue weighted by atomic mass is 9.87. The van der Waals surface area contributed by atoms with Crippen molar-refractivity contribution in [2.45, 2.75) is 73.2 Å². The van der Waals surface area contributed by atoms with Gasteiger partial charge in [0.25, 0.3) is 0 Å². The van der Waals surface area contributed by atoms with Crippen LogP contribution in [0.15, 0.2) is 168 Å². The molecule has 2 atom stereocenters. The van der Waals surface area contributed by atoms with Gasteiger partial charge in [-0.2, -0.15) is 8.61 Å². The van der Waals surface area contributed by atoms with Crippen molar-refractivity contribution in [1.29, 1.82) is 0 Å². The number of nitrogens with two attached hydrogens (primary N) is 3. The van der Waals surface area contributed by atoms with Gasteiger partial charge in [0.15, 0.2) is 11.2 Å². The second-order valence-corrected chi connectivity index (χ2v) is 23.2. The number of ether oxygens (including phenoxy) is 3. The summed E-state index contributed by atoms with van der Waals surface area (Å²) >= 11 is 0. The summed E-state index contributed by atoms with van der Waals surface area (Å²) in [5.41, 5.74) is 17.4. The highest BCUT2D eigenvalue weighted by Gasteiger charge is 2.53. The van der Waals surface area contributed by atoms with Crippen LogP contribution >= 0.6 is 12.4 Å². The van der Waals surface area contributed by atoms with Crippen LogP contribution in [0.1, 0.15) is 70.7 Å². The molecule has 0 spiro atoms. The van der Waals surface area contributed by atoms with Gasteiger partial charge in [-0.15, -0.1) is 12.4 Å². The zero-order valence-electron chi connectivity index (χ0n) is 41.7. The van der Waals surface area contributed by atoms with Gasteiger partial charge >= 0.3 is 11.9 Å². The van der Waals surface area contributed by atoms with E-state index in [9.17, 15) is 36.0 Å². The third-order valence-corrected chi connectivity index (χ3v) is 16.0. The number of aliphatic carboxylic acids is 1. The van der Waals surface area contributed by atoms with Gasteiger partial charge in [-0.3, -0.25) is 19.2 Å². The molecule has 0 radical (unpaired) electrons. The average molecular weight is 1080 g/mol. The lowest BCUT2D eigenvalue weighted by Gasteiger charge is -2.48. The molecule has 2 saturated heterocycles. The van der Waals surface area contributed by atoms with Crippen LogP contribution in [0.3, 0.4) is 0 Å². The molecule has 75 heavy (non-hydrogen) atoms. The molecular weight excluding hydrogens is 1020 g/mol. The van der Waals surface area contributed by atoms with E-state index >= 15 is 0 Å². The standard InChI is InChI=1S/C30H34N2O6S.C25H25N3O6S.ClH/c1-21(28(34)38-29(2,3)4)17-22-9-8-12-26(18-22)39(35,36)32-19-30(20-32,24-10-6-5-7-11-24)37-25-15-13-23(14-16-25)27(31)33;26-22(24(30)31)14-17-5-4-8-21(13-17)35(32,33)28-15-25(16-28,19-6-2-1-3-7-19)34-20-11-9-18(10-12-20)23(27)29;/h5-16,18,21H,17,19-20H2,1-4H3,(H2,31,33);1-13,22H,14-16,26H2,(H2,27,29)(H,30,31);1H/t21-;22-;/m00./s1. The van der Waals surface area contributed by atoms with Crippen LogP contribution in [0.5, 0.6) is 11.5 Å². The molecule has 2 aliphatic rings. The van der Waals surface area contributed by atoms with Crippen molar-refractivity contribution in [3.63, 3.8) is 0 Å². The second kappa shape index (κ2) is 23.2. The number of hydrogen-bond acceptors (Lipinski definition) is 12. The first-order chi connectivity index (χ1) is 34.9. The molecule has 7 N–H and O–H groups in total. The van der Waals surface area contributed by atoms with Gasteiger partial charge in [0, 0.05) is 11.1 Å². The van der Waals surface area contributed by atoms with Crippen LogP contribution in [0, 0.1) is 5.92 Å². The van der Waals surface area contributed by atoms with Crippen LogP contribution in [0.25, 0.3) is 0 Å². The number of nitrogens with zero attached hydrogens (tertiary/aromatic N) is 2. The maximum atomic E-state index is 13.6. The first-order valence-electron chi connectivity index (χ1n) is 23.6. The Kier molecular flexibility index (Phi) is 17.7. The molecule has 0 saturated carbocycles. The molecule has 0 bridgehead atoms. The van der Waals surface area contributed by atoms with E-state index in [1.54, 1.807) is 85.8 Å². The van der Waals surface area contributed by atoms with Gasteiger partial charge in [-0.05, 0) is 129 Å². The van der Waals surface area contributed by atoms with E-state index in [1.165, 1.54) is 20.7 Å². The van der Waals surface area contributed by atoms with Crippen LogP contribution in [-0.2, 0) is 58.4 Å². The smallest absolute Gasteiger partial charge is 0.320 e. The Morgan fingerprint density at radius 3 is 1.31 bits per heavy atom. The number of primary amides is 2. The number of sulfonamides is 2. The molecule has 0 aliphatic carbocycles. The highest BCUT2D eigenvalue weighted by molar-refractivity contribution is 7.89. The third-order valence-electron chi connectivity index (χ3n) is 12.4. The maximum absolute atomic E-state index is 13.6. The number of hydrogen-bond donors (Lipinski definition) is 4. The van der Waals surface area contributed by atoms with Crippen molar-refractivity contribution in [2.75, 3.05) is 26.2 Å². The summed E-state index contributed by atoms with van der Waals surface area (Å²) in [6.45, 7) is 7.55. The van der Waals surface area contributed by atoms with E-state index in [-0.39, 0.29) is 60.8 Å². The quantitative estimate of drug-likeness (QED) is 0.0677. The predicted octanol–water partition coefficient (Wildman–Crippen LogP) is 6.43. The number of carbonyl (C=O) groups excluding carboxylic acids is 3. The first kappa shape index (κ1) is 57.2. The molecule has 17 nitrogen and oxygen atoms in total. The van der Waals surface area contributed by atoms with Gasteiger partial charge in [-0.25, -0.2) is 16.8 Å². The number of carboxylic acids is 1. The minimum atomic E-state index is -3.87. The molecule has 8 rings (SSSR count). The highest BCUT2D eigenvalue weighted by Crippen LogP contribution is 2.42. The predicted molar refractivity (Wildman–Crippen MR) is 283 cm³/mol. The number of esters is 1. The Morgan fingerprint density at radius 1 is 0.587 bits per heavy atom. The van der Waals surface area contributed by atoms with E-state index in [0.29, 0.717) is 34.6 Å². The maximum Gasteiger partial charge on any atom is 0.320 e. The highest BCUT2D eigenvalue weighted by atomic mass is 35.5. The van der Waals surface area contributed by atoms with E-state index in [4.69, 9.17) is 36.5 Å². The van der Waals surface area contributed by atoms with Gasteiger partial charge in [0.1, 0.15) is 23.1 Å². The van der Waals surface area contributed by atoms with Gasteiger partial charge in [-0.1, -0.05) is 91.9 Å². The SMILES string of the molecule is C[C@@H](Cc1cccc(S(=O)(=O)N2CC(Oc3ccc(C(N)=O)cc3)(c3ccccc3)C2)c1)C(=O)OC(C)(C)C.Cl.NC(=O)c1ccc(OC2(c3ccccc3)CN(S(=O)(=O)c3cccc(C[C@H](N)C(=O)O)c3)C2)cc1. The fourth-order valence-electron chi connectivity index (χ4n) is 8.45. The number of halogens is 1. The first-order valence-corrected chi connectivity index (χ1v) is 26.5. The summed E-state index contributed by atoms with van der Waals surface area (Å²) in [4.78, 5) is 46.5. The molecule has 0 aromatic heterocycles. The van der Waals surface area contributed by atoms with Crippen LogP contribution in [-0.4, -0.2) is 92.1 Å². The Balaban J connectivity index is 0.000000242. The van der Waals surface area contributed by atoms with Crippen LogP contribution in [0.2, 0.25) is 0 Å². The van der Waals surface area contributed by atoms with E-state index in [2.05, 4.69) is 0 Å². The van der Waals surface area contributed by atoms with Crippen molar-refractivity contribution in [3.8, 4) is 11.5 Å². The lowest BCUT2D eigenvalue weighted by molar-refractivity contribution is -0.159. The van der Waals surface area contributed by atoms with E-state index in [0.717, 1.165) is 16.7 Å². The monoisotopic (exact) mass is 1080 g/mol. The number of rotatable bonds is 18. The van der Waals surface area contributed by atoms with Gasteiger partial charge in [0.2, 0.25) is 31.9 Å². The fraction of sp³-hybridized carbons (Fsp3) is 0.273. The van der Waals surface area contributed by atoms with Crippen molar-refractivity contribution < 1.29 is 55.3 Å². The minimum Gasteiger partial charge on any atom is -0.480 e. The molecule has 2 amide bonds. The Morgan fingerprint density at radius 2 is 0.960 bits per heavy atom. The molecule has 2 fully saturated rings. The topological polar surface area (TPSA) is 269 Å². The zero-order chi connectivity index (χ0) is 53.6. The van der Waals surface area contributed by atoms with E-state index < -0.39 is 66.6 Å². The second-order valence-electron chi connectivity index (χ2n) is 19.3. The summed E-state index contributed by atoms with van der Waals surface area (Å²) in [6.07, 6.45) is 0.369. The summed E-state index contributed by atoms with van der Waals surface area (Å²) in [7, 11) is -7.69. The summed E-state index contributed by atoms with van der Waals surface area (Å²) < 4.78 is 74.7. The number of carbonyl (C=O) groups is 4. The summed E-state index contributed by atoms with van der Waals surface area (Å²) in [5.74, 6) is -2.03. The Bertz CT molecular complexity index is 3220. The van der Waals surface area contributed by atoms with Crippen molar-refractivity contribution >= 4 is 56.2 Å². The molecule has 2 aliphatic heterocycles.